The van der Waals surface area contributed by atoms with Crippen molar-refractivity contribution in [1.82, 2.24) is 5.32 Å². The van der Waals surface area contributed by atoms with Gasteiger partial charge in [0.05, 0.1) is 0 Å². The van der Waals surface area contributed by atoms with E-state index in [4.69, 9.17) is 4.74 Å². The number of rotatable bonds is 8. The maximum Gasteiger partial charge on any atom is 0.246 e. The van der Waals surface area contributed by atoms with Gasteiger partial charge in [0.25, 0.3) is 0 Å². The lowest BCUT2D eigenvalue weighted by Gasteiger charge is -2.16. The Morgan fingerprint density at radius 3 is 2.57 bits per heavy atom. The van der Waals surface area contributed by atoms with Gasteiger partial charge in [-0.3, -0.25) is 4.79 Å². The molecule has 3 nitrogen and oxygen atoms in total. The van der Waals surface area contributed by atoms with Crippen LogP contribution in [0.25, 0.3) is 0 Å². The molecule has 3 heteroatoms. The number of carbonyl (C=O) groups excluding carboxylic acids is 1. The fourth-order valence-electron chi connectivity index (χ4n) is 1.42. The minimum atomic E-state index is -0.00384. The second kappa shape index (κ2) is 9.00. The van der Waals surface area contributed by atoms with Gasteiger partial charge in [0, 0.05) is 13.2 Å². The van der Waals surface area contributed by atoms with E-state index in [0.29, 0.717) is 6.04 Å². The van der Waals surface area contributed by atoms with Crippen molar-refractivity contribution < 1.29 is 9.53 Å². The van der Waals surface area contributed by atoms with Crippen LogP contribution in [0.5, 0.6) is 0 Å². The molecule has 0 aliphatic heterocycles. The first-order valence-electron chi connectivity index (χ1n) is 5.52. The zero-order chi connectivity index (χ0) is 10.8. The van der Waals surface area contributed by atoms with Crippen LogP contribution in [-0.2, 0) is 9.53 Å². The lowest BCUT2D eigenvalue weighted by Crippen LogP contribution is -2.36. The molecule has 1 amide bonds. The highest BCUT2D eigenvalue weighted by molar-refractivity contribution is 5.77. The van der Waals surface area contributed by atoms with Crippen LogP contribution < -0.4 is 5.32 Å². The zero-order valence-corrected chi connectivity index (χ0v) is 9.64. The Balaban J connectivity index is 3.61. The number of carbonyl (C=O) groups is 1. The van der Waals surface area contributed by atoms with Crippen molar-refractivity contribution in [2.45, 2.75) is 52.0 Å². The van der Waals surface area contributed by atoms with E-state index in [1.165, 1.54) is 26.4 Å². The summed E-state index contributed by atoms with van der Waals surface area (Å²) in [7, 11) is 1.54. The third-order valence-electron chi connectivity index (χ3n) is 2.29. The van der Waals surface area contributed by atoms with Crippen LogP contribution in [0.15, 0.2) is 0 Å². The molecule has 0 aromatic carbocycles. The van der Waals surface area contributed by atoms with Gasteiger partial charge < -0.3 is 10.1 Å². The minimum absolute atomic E-state index is 0.00384. The summed E-state index contributed by atoms with van der Waals surface area (Å²) in [5.74, 6) is -0.00384. The molecule has 0 radical (unpaired) electrons. The molecule has 0 saturated carbocycles. The first kappa shape index (κ1) is 13.4. The molecular weight excluding hydrogens is 178 g/mol. The third kappa shape index (κ3) is 6.89. The molecule has 0 aromatic heterocycles. The molecule has 0 saturated heterocycles. The molecule has 0 aliphatic carbocycles. The highest BCUT2D eigenvalue weighted by Crippen LogP contribution is 2.05. The second-order valence-electron chi connectivity index (χ2n) is 3.60. The number of hydrogen-bond acceptors (Lipinski definition) is 2. The number of amides is 1. The van der Waals surface area contributed by atoms with Gasteiger partial charge in [-0.15, -0.1) is 0 Å². The van der Waals surface area contributed by atoms with Crippen molar-refractivity contribution >= 4 is 5.91 Å². The minimum Gasteiger partial charge on any atom is -0.375 e. The predicted octanol–water partition coefficient (Wildman–Crippen LogP) is 2.11. The van der Waals surface area contributed by atoms with Gasteiger partial charge in [-0.25, -0.2) is 0 Å². The van der Waals surface area contributed by atoms with Crippen molar-refractivity contribution in [3.63, 3.8) is 0 Å². The highest BCUT2D eigenvalue weighted by atomic mass is 16.5. The lowest BCUT2D eigenvalue weighted by atomic mass is 10.1. The Kier molecular flexibility index (Phi) is 8.64. The molecule has 1 atom stereocenters. The van der Waals surface area contributed by atoms with Crippen LogP contribution in [0.4, 0.5) is 0 Å². The molecular formula is C11H23NO2. The Morgan fingerprint density at radius 2 is 2.07 bits per heavy atom. The van der Waals surface area contributed by atoms with E-state index in [-0.39, 0.29) is 12.5 Å². The van der Waals surface area contributed by atoms with Crippen molar-refractivity contribution in [1.29, 1.82) is 0 Å². The summed E-state index contributed by atoms with van der Waals surface area (Å²) in [5.41, 5.74) is 0. The quantitative estimate of drug-likeness (QED) is 0.611. The van der Waals surface area contributed by atoms with Crippen molar-refractivity contribution in [3.05, 3.63) is 0 Å². The SMILES string of the molecule is CCCCCC(CC)NC(=O)COC. The van der Waals surface area contributed by atoms with Gasteiger partial charge in [0.15, 0.2) is 0 Å². The smallest absolute Gasteiger partial charge is 0.246 e. The first-order chi connectivity index (χ1) is 6.74. The molecule has 0 heterocycles. The van der Waals surface area contributed by atoms with E-state index in [9.17, 15) is 4.79 Å². The Labute approximate surface area is 87.2 Å². The first-order valence-corrected chi connectivity index (χ1v) is 5.52. The Morgan fingerprint density at radius 1 is 1.36 bits per heavy atom. The van der Waals surface area contributed by atoms with E-state index in [1.807, 2.05) is 0 Å². The van der Waals surface area contributed by atoms with E-state index in [1.54, 1.807) is 0 Å². The molecule has 84 valence electrons. The Bertz CT molecular complexity index is 148. The predicted molar refractivity (Wildman–Crippen MR) is 58.2 cm³/mol. The maximum atomic E-state index is 11.2. The van der Waals surface area contributed by atoms with Crippen LogP contribution in [0.1, 0.15) is 46.0 Å². The van der Waals surface area contributed by atoms with Crippen molar-refractivity contribution in [3.8, 4) is 0 Å². The average Bonchev–Trinajstić information content (AvgIpc) is 2.17. The highest BCUT2D eigenvalue weighted by Gasteiger charge is 2.08. The average molecular weight is 201 g/mol. The fraction of sp³-hybridized carbons (Fsp3) is 0.909. The number of nitrogens with one attached hydrogen (secondary N) is 1. The van der Waals surface area contributed by atoms with Crippen LogP contribution in [0.2, 0.25) is 0 Å². The number of hydrogen-bond donors (Lipinski definition) is 1. The van der Waals surface area contributed by atoms with E-state index in [2.05, 4.69) is 19.2 Å². The second-order valence-corrected chi connectivity index (χ2v) is 3.60. The molecule has 0 spiro atoms. The normalized spacial score (nSPS) is 12.5. The molecule has 1 unspecified atom stereocenters. The molecule has 14 heavy (non-hydrogen) atoms. The summed E-state index contributed by atoms with van der Waals surface area (Å²) in [6.07, 6.45) is 5.75. The molecule has 0 aromatic rings. The summed E-state index contributed by atoms with van der Waals surface area (Å²) in [4.78, 5) is 11.2. The Hall–Kier alpha value is -0.570. The van der Waals surface area contributed by atoms with Crippen LogP contribution >= 0.6 is 0 Å². The van der Waals surface area contributed by atoms with E-state index >= 15 is 0 Å². The zero-order valence-electron chi connectivity index (χ0n) is 9.64. The standard InChI is InChI=1S/C11H23NO2/c1-4-6-7-8-10(5-2)12-11(13)9-14-3/h10H,4-9H2,1-3H3,(H,12,13). The van der Waals surface area contributed by atoms with E-state index in [0.717, 1.165) is 12.8 Å². The monoisotopic (exact) mass is 201 g/mol. The number of methoxy groups -OCH3 is 1. The largest absolute Gasteiger partial charge is 0.375 e. The third-order valence-corrected chi connectivity index (χ3v) is 2.29. The van der Waals surface area contributed by atoms with Gasteiger partial charge in [-0.05, 0) is 12.8 Å². The van der Waals surface area contributed by atoms with Gasteiger partial charge >= 0.3 is 0 Å². The molecule has 1 N–H and O–H groups in total. The van der Waals surface area contributed by atoms with Gasteiger partial charge in [0.2, 0.25) is 5.91 Å². The summed E-state index contributed by atoms with van der Waals surface area (Å²) < 4.78 is 4.76. The summed E-state index contributed by atoms with van der Waals surface area (Å²) in [6.45, 7) is 4.46. The number of ether oxygens (including phenoxy) is 1. The van der Waals surface area contributed by atoms with Gasteiger partial charge in [-0.2, -0.15) is 0 Å². The molecule has 0 fully saturated rings. The van der Waals surface area contributed by atoms with Gasteiger partial charge in [-0.1, -0.05) is 33.1 Å². The van der Waals surface area contributed by atoms with Crippen LogP contribution in [-0.4, -0.2) is 25.7 Å². The topological polar surface area (TPSA) is 38.3 Å². The summed E-state index contributed by atoms with van der Waals surface area (Å²) in [5, 5.41) is 2.96. The van der Waals surface area contributed by atoms with Crippen molar-refractivity contribution in [2.24, 2.45) is 0 Å². The van der Waals surface area contributed by atoms with Gasteiger partial charge in [0.1, 0.15) is 6.61 Å². The molecule has 0 rings (SSSR count). The summed E-state index contributed by atoms with van der Waals surface area (Å²) >= 11 is 0. The number of unbranched alkanes of at least 4 members (excludes halogenated alkanes) is 2. The fourth-order valence-corrected chi connectivity index (χ4v) is 1.42. The van der Waals surface area contributed by atoms with E-state index < -0.39 is 0 Å². The molecule has 0 bridgehead atoms. The van der Waals surface area contributed by atoms with Crippen molar-refractivity contribution in [2.75, 3.05) is 13.7 Å². The molecule has 0 aliphatic rings. The van der Waals surface area contributed by atoms with Crippen LogP contribution in [0.3, 0.4) is 0 Å². The summed E-state index contributed by atoms with van der Waals surface area (Å²) in [6, 6.07) is 0.323. The van der Waals surface area contributed by atoms with Crippen LogP contribution in [0, 0.1) is 0 Å². The maximum absolute atomic E-state index is 11.2. The lowest BCUT2D eigenvalue weighted by molar-refractivity contribution is -0.125.